The molecule has 0 aliphatic heterocycles. The van der Waals surface area contributed by atoms with Crippen LogP contribution in [-0.2, 0) is 5.41 Å². The Bertz CT molecular complexity index is 526. The van der Waals surface area contributed by atoms with Crippen LogP contribution in [0.15, 0.2) is 21.0 Å². The molecule has 1 heterocycles. The number of hydrogen-bond acceptors (Lipinski definition) is 3. The van der Waals surface area contributed by atoms with Gasteiger partial charge in [-0.3, -0.25) is 0 Å². The summed E-state index contributed by atoms with van der Waals surface area (Å²) in [5.41, 5.74) is 1.40. The van der Waals surface area contributed by atoms with Crippen molar-refractivity contribution in [2.24, 2.45) is 0 Å². The Hall–Kier alpha value is -1.03. The standard InChI is InChI=1S/C12H14BrNO2/c1-12(2,3)11-14-9-7(13)5-6-8(15-4)10(9)16-11/h5-6H,1-4H3. The Morgan fingerprint density at radius 1 is 1.31 bits per heavy atom. The van der Waals surface area contributed by atoms with E-state index in [4.69, 9.17) is 9.15 Å². The molecule has 0 unspecified atom stereocenters. The lowest BCUT2D eigenvalue weighted by Crippen LogP contribution is -2.10. The van der Waals surface area contributed by atoms with Gasteiger partial charge in [-0.1, -0.05) is 20.8 Å². The number of halogens is 1. The van der Waals surface area contributed by atoms with Crippen LogP contribution in [0, 0.1) is 0 Å². The first-order chi connectivity index (χ1) is 7.43. The number of aromatic nitrogens is 1. The fraction of sp³-hybridized carbons (Fsp3) is 0.417. The van der Waals surface area contributed by atoms with Crippen LogP contribution in [0.5, 0.6) is 5.75 Å². The molecule has 2 aromatic rings. The van der Waals surface area contributed by atoms with Crippen LogP contribution in [0.1, 0.15) is 26.7 Å². The van der Waals surface area contributed by atoms with E-state index >= 15 is 0 Å². The largest absolute Gasteiger partial charge is 0.493 e. The van der Waals surface area contributed by atoms with Gasteiger partial charge >= 0.3 is 0 Å². The Morgan fingerprint density at radius 3 is 2.56 bits per heavy atom. The Labute approximate surface area is 103 Å². The molecule has 3 nitrogen and oxygen atoms in total. The van der Waals surface area contributed by atoms with E-state index in [1.807, 2.05) is 12.1 Å². The molecule has 2 rings (SSSR count). The molecule has 0 amide bonds. The number of oxazole rings is 1. The van der Waals surface area contributed by atoms with Crippen LogP contribution < -0.4 is 4.74 Å². The minimum absolute atomic E-state index is 0.108. The summed E-state index contributed by atoms with van der Waals surface area (Å²) >= 11 is 3.46. The van der Waals surface area contributed by atoms with E-state index in [0.29, 0.717) is 17.2 Å². The van der Waals surface area contributed by atoms with Crippen LogP contribution in [0.3, 0.4) is 0 Å². The van der Waals surface area contributed by atoms with Gasteiger partial charge in [-0.15, -0.1) is 0 Å². The molecule has 0 atom stereocenters. The first-order valence-corrected chi connectivity index (χ1v) is 5.86. The van der Waals surface area contributed by atoms with Crippen LogP contribution in [0.25, 0.3) is 11.1 Å². The maximum Gasteiger partial charge on any atom is 0.201 e. The Morgan fingerprint density at radius 2 is 2.00 bits per heavy atom. The lowest BCUT2D eigenvalue weighted by molar-refractivity contribution is 0.385. The predicted octanol–water partition coefficient (Wildman–Crippen LogP) is 3.90. The molecule has 0 bridgehead atoms. The molecule has 0 N–H and O–H groups in total. The molecule has 4 heteroatoms. The number of methoxy groups -OCH3 is 1. The zero-order valence-corrected chi connectivity index (χ0v) is 11.4. The highest BCUT2D eigenvalue weighted by Crippen LogP contribution is 2.35. The normalized spacial score (nSPS) is 12.1. The zero-order valence-electron chi connectivity index (χ0n) is 9.80. The quantitative estimate of drug-likeness (QED) is 0.796. The summed E-state index contributed by atoms with van der Waals surface area (Å²) in [5.74, 6) is 1.42. The van der Waals surface area contributed by atoms with Gasteiger partial charge in [0.25, 0.3) is 0 Å². The first kappa shape index (κ1) is 11.5. The molecule has 0 saturated heterocycles. The highest BCUT2D eigenvalue weighted by molar-refractivity contribution is 9.10. The van der Waals surface area contributed by atoms with Gasteiger partial charge in [0, 0.05) is 9.89 Å². The topological polar surface area (TPSA) is 35.3 Å². The second-order valence-corrected chi connectivity index (χ2v) is 5.55. The summed E-state index contributed by atoms with van der Waals surface area (Å²) < 4.78 is 11.9. The average molecular weight is 284 g/mol. The SMILES string of the molecule is COc1ccc(Br)c2nc(C(C)(C)C)oc12. The highest BCUT2D eigenvalue weighted by Gasteiger charge is 2.23. The molecular weight excluding hydrogens is 270 g/mol. The average Bonchev–Trinajstić information content (AvgIpc) is 2.63. The van der Waals surface area contributed by atoms with Crippen molar-refractivity contribution in [1.29, 1.82) is 0 Å². The summed E-state index contributed by atoms with van der Waals surface area (Å²) in [6.07, 6.45) is 0. The predicted molar refractivity (Wildman–Crippen MR) is 67.0 cm³/mol. The van der Waals surface area contributed by atoms with Gasteiger partial charge in [0.1, 0.15) is 5.52 Å². The van der Waals surface area contributed by atoms with E-state index in [0.717, 1.165) is 9.99 Å². The molecule has 16 heavy (non-hydrogen) atoms. The van der Waals surface area contributed by atoms with Crippen LogP contribution in [-0.4, -0.2) is 12.1 Å². The minimum atomic E-state index is -0.108. The number of hydrogen-bond donors (Lipinski definition) is 0. The summed E-state index contributed by atoms with van der Waals surface area (Å²) in [6, 6.07) is 3.78. The first-order valence-electron chi connectivity index (χ1n) is 5.07. The van der Waals surface area contributed by atoms with E-state index in [1.165, 1.54) is 0 Å². The zero-order chi connectivity index (χ0) is 11.9. The van der Waals surface area contributed by atoms with Crippen molar-refractivity contribution in [3.05, 3.63) is 22.5 Å². The maximum atomic E-state index is 5.77. The summed E-state index contributed by atoms with van der Waals surface area (Å²) in [6.45, 7) is 6.20. The second kappa shape index (κ2) is 3.77. The monoisotopic (exact) mass is 283 g/mol. The third-order valence-electron chi connectivity index (χ3n) is 2.32. The van der Waals surface area contributed by atoms with Crippen molar-refractivity contribution < 1.29 is 9.15 Å². The van der Waals surface area contributed by atoms with Crippen LogP contribution in [0.4, 0.5) is 0 Å². The Kier molecular flexibility index (Phi) is 2.70. The Balaban J connectivity index is 2.73. The van der Waals surface area contributed by atoms with Crippen molar-refractivity contribution in [2.45, 2.75) is 26.2 Å². The fourth-order valence-corrected chi connectivity index (χ4v) is 1.83. The van der Waals surface area contributed by atoms with Gasteiger partial charge < -0.3 is 9.15 Å². The molecule has 1 aromatic carbocycles. The van der Waals surface area contributed by atoms with Gasteiger partial charge in [0.2, 0.25) is 5.89 Å². The van der Waals surface area contributed by atoms with E-state index in [2.05, 4.69) is 41.7 Å². The number of benzene rings is 1. The molecular formula is C12H14BrNO2. The second-order valence-electron chi connectivity index (χ2n) is 4.70. The van der Waals surface area contributed by atoms with Crippen LogP contribution >= 0.6 is 15.9 Å². The summed E-state index contributed by atoms with van der Waals surface area (Å²) in [5, 5.41) is 0. The molecule has 0 saturated carbocycles. The molecule has 0 radical (unpaired) electrons. The van der Waals surface area contributed by atoms with Crippen molar-refractivity contribution in [1.82, 2.24) is 4.98 Å². The van der Waals surface area contributed by atoms with Crippen molar-refractivity contribution in [2.75, 3.05) is 7.11 Å². The summed E-state index contributed by atoms with van der Waals surface area (Å²) in [4.78, 5) is 4.50. The van der Waals surface area contributed by atoms with E-state index < -0.39 is 0 Å². The lowest BCUT2D eigenvalue weighted by Gasteiger charge is -2.11. The number of ether oxygens (including phenoxy) is 1. The third-order valence-corrected chi connectivity index (χ3v) is 2.96. The van der Waals surface area contributed by atoms with E-state index in [1.54, 1.807) is 7.11 Å². The van der Waals surface area contributed by atoms with Gasteiger partial charge in [-0.25, -0.2) is 4.98 Å². The van der Waals surface area contributed by atoms with Crippen molar-refractivity contribution in [3.8, 4) is 5.75 Å². The molecule has 86 valence electrons. The van der Waals surface area contributed by atoms with Gasteiger partial charge in [-0.05, 0) is 28.1 Å². The molecule has 1 aromatic heterocycles. The number of rotatable bonds is 1. The minimum Gasteiger partial charge on any atom is -0.493 e. The summed E-state index contributed by atoms with van der Waals surface area (Å²) in [7, 11) is 1.63. The van der Waals surface area contributed by atoms with Gasteiger partial charge in [-0.2, -0.15) is 0 Å². The van der Waals surface area contributed by atoms with Crippen molar-refractivity contribution >= 4 is 27.0 Å². The fourth-order valence-electron chi connectivity index (χ4n) is 1.43. The van der Waals surface area contributed by atoms with E-state index in [-0.39, 0.29) is 5.41 Å². The molecule has 0 spiro atoms. The molecule has 0 aliphatic rings. The van der Waals surface area contributed by atoms with Gasteiger partial charge in [0.15, 0.2) is 11.3 Å². The maximum absolute atomic E-state index is 5.77. The molecule has 0 aliphatic carbocycles. The smallest absolute Gasteiger partial charge is 0.201 e. The lowest BCUT2D eigenvalue weighted by atomic mass is 9.97. The number of nitrogens with zero attached hydrogens (tertiary/aromatic N) is 1. The molecule has 0 fully saturated rings. The van der Waals surface area contributed by atoms with E-state index in [9.17, 15) is 0 Å². The third kappa shape index (κ3) is 1.82. The number of fused-ring (bicyclic) bond motifs is 1. The highest BCUT2D eigenvalue weighted by atomic mass is 79.9. The van der Waals surface area contributed by atoms with Gasteiger partial charge in [0.05, 0.1) is 7.11 Å². The van der Waals surface area contributed by atoms with Crippen molar-refractivity contribution in [3.63, 3.8) is 0 Å². The van der Waals surface area contributed by atoms with Crippen LogP contribution in [0.2, 0.25) is 0 Å².